The van der Waals surface area contributed by atoms with E-state index < -0.39 is 21.3 Å². The van der Waals surface area contributed by atoms with E-state index in [1.54, 1.807) is 0 Å². The summed E-state index contributed by atoms with van der Waals surface area (Å²) in [6.45, 7) is 1.59. The molecule has 0 aromatic carbocycles. The fourth-order valence-corrected chi connectivity index (χ4v) is 1.68. The van der Waals surface area contributed by atoms with E-state index in [1.165, 1.54) is 14.0 Å². The highest BCUT2D eigenvalue weighted by Crippen LogP contribution is 2.00. The quantitative estimate of drug-likeness (QED) is 0.643. The smallest absolute Gasteiger partial charge is 0.227 e. The van der Waals surface area contributed by atoms with Crippen LogP contribution in [0, 0.1) is 0 Å². The van der Waals surface area contributed by atoms with E-state index in [-0.39, 0.29) is 6.54 Å². The number of hydrogen-bond donors (Lipinski definition) is 1. The highest BCUT2D eigenvalue weighted by Gasteiger charge is 2.17. The SMILES string of the molecule is CC(O)CN(C)S(=O)(=O)CCl. The summed E-state index contributed by atoms with van der Waals surface area (Å²) in [5.74, 6) is 0. The molecule has 0 aliphatic rings. The molecule has 0 radical (unpaired) electrons. The predicted molar refractivity (Wildman–Crippen MR) is 44.0 cm³/mol. The standard InChI is InChI=1S/C5H12ClNO3S/c1-5(8)3-7(2)11(9,10)4-6/h5,8H,3-4H2,1-2H3. The number of rotatable bonds is 4. The molecule has 0 aromatic rings. The molecule has 0 rings (SSSR count). The normalized spacial score (nSPS) is 15.4. The van der Waals surface area contributed by atoms with Gasteiger partial charge in [0.05, 0.1) is 6.10 Å². The van der Waals surface area contributed by atoms with Gasteiger partial charge < -0.3 is 5.11 Å². The lowest BCUT2D eigenvalue weighted by Gasteiger charge is -2.16. The van der Waals surface area contributed by atoms with Crippen LogP contribution in [-0.4, -0.2) is 42.7 Å². The van der Waals surface area contributed by atoms with E-state index in [2.05, 4.69) is 0 Å². The van der Waals surface area contributed by atoms with E-state index in [0.29, 0.717) is 0 Å². The first-order valence-corrected chi connectivity index (χ1v) is 5.22. The third kappa shape index (κ3) is 3.91. The molecule has 0 fully saturated rings. The van der Waals surface area contributed by atoms with Crippen LogP contribution in [0.4, 0.5) is 0 Å². The molecule has 0 saturated heterocycles. The van der Waals surface area contributed by atoms with Crippen LogP contribution < -0.4 is 0 Å². The van der Waals surface area contributed by atoms with E-state index in [4.69, 9.17) is 16.7 Å². The number of hydrogen-bond acceptors (Lipinski definition) is 3. The second-order valence-electron chi connectivity index (χ2n) is 2.35. The number of aliphatic hydroxyl groups is 1. The second kappa shape index (κ2) is 4.25. The van der Waals surface area contributed by atoms with Crippen LogP contribution in [0.15, 0.2) is 0 Å². The molecule has 68 valence electrons. The summed E-state index contributed by atoms with van der Waals surface area (Å²) in [4.78, 5) is 0. The van der Waals surface area contributed by atoms with Gasteiger partial charge in [-0.25, -0.2) is 12.7 Å². The van der Waals surface area contributed by atoms with Gasteiger partial charge in [0.1, 0.15) is 5.21 Å². The molecular weight excluding hydrogens is 190 g/mol. The molecule has 11 heavy (non-hydrogen) atoms. The Balaban J connectivity index is 4.14. The molecule has 0 bridgehead atoms. The first-order valence-electron chi connectivity index (χ1n) is 3.08. The van der Waals surface area contributed by atoms with Crippen LogP contribution in [0.25, 0.3) is 0 Å². The fraction of sp³-hybridized carbons (Fsp3) is 1.00. The maximum absolute atomic E-state index is 10.9. The largest absolute Gasteiger partial charge is 0.392 e. The molecule has 0 aromatic heterocycles. The van der Waals surface area contributed by atoms with Gasteiger partial charge >= 0.3 is 0 Å². The van der Waals surface area contributed by atoms with Crippen LogP contribution in [0.5, 0.6) is 0 Å². The molecule has 1 N–H and O–H groups in total. The highest BCUT2D eigenvalue weighted by molar-refractivity contribution is 7.90. The van der Waals surface area contributed by atoms with Crippen molar-refractivity contribution in [3.63, 3.8) is 0 Å². The Morgan fingerprint density at radius 1 is 1.64 bits per heavy atom. The van der Waals surface area contributed by atoms with Crippen LogP contribution >= 0.6 is 11.6 Å². The van der Waals surface area contributed by atoms with Crippen molar-refractivity contribution >= 4 is 21.6 Å². The highest BCUT2D eigenvalue weighted by atomic mass is 35.5. The molecule has 0 saturated carbocycles. The van der Waals surface area contributed by atoms with E-state index >= 15 is 0 Å². The first-order chi connectivity index (χ1) is 4.90. The molecule has 0 heterocycles. The minimum atomic E-state index is -3.35. The van der Waals surface area contributed by atoms with Crippen LogP contribution in [-0.2, 0) is 10.0 Å². The topological polar surface area (TPSA) is 57.6 Å². The summed E-state index contributed by atoms with van der Waals surface area (Å²) < 4.78 is 22.9. The number of likely N-dealkylation sites (N-methyl/N-ethyl adjacent to an activating group) is 1. The Morgan fingerprint density at radius 2 is 2.09 bits per heavy atom. The zero-order valence-electron chi connectivity index (χ0n) is 6.49. The summed E-state index contributed by atoms with van der Waals surface area (Å²) >= 11 is 5.16. The Morgan fingerprint density at radius 3 is 2.36 bits per heavy atom. The second-order valence-corrected chi connectivity index (χ2v) is 5.01. The third-order valence-corrected chi connectivity index (χ3v) is 3.34. The third-order valence-electron chi connectivity index (χ3n) is 1.13. The lowest BCUT2D eigenvalue weighted by atomic mass is 10.4. The summed E-state index contributed by atoms with van der Waals surface area (Å²) in [6, 6.07) is 0. The number of nitrogens with zero attached hydrogens (tertiary/aromatic N) is 1. The number of alkyl halides is 1. The molecule has 0 amide bonds. The maximum atomic E-state index is 10.9. The molecule has 4 nitrogen and oxygen atoms in total. The van der Waals surface area contributed by atoms with Gasteiger partial charge in [-0.15, -0.1) is 11.6 Å². The van der Waals surface area contributed by atoms with Crippen molar-refractivity contribution in [3.05, 3.63) is 0 Å². The number of sulfonamides is 1. The van der Waals surface area contributed by atoms with Gasteiger partial charge in [-0.3, -0.25) is 0 Å². The Kier molecular flexibility index (Phi) is 4.31. The summed E-state index contributed by atoms with van der Waals surface area (Å²) in [5, 5.41) is 8.38. The first kappa shape index (κ1) is 11.2. The average molecular weight is 202 g/mol. The van der Waals surface area contributed by atoms with Crippen LogP contribution in [0.3, 0.4) is 0 Å². The molecule has 1 atom stereocenters. The van der Waals surface area contributed by atoms with E-state index in [0.717, 1.165) is 4.31 Å². The Hall–Kier alpha value is 0.160. The van der Waals surface area contributed by atoms with Crippen molar-refractivity contribution in [2.45, 2.75) is 13.0 Å². The van der Waals surface area contributed by atoms with Gasteiger partial charge in [-0.1, -0.05) is 0 Å². The van der Waals surface area contributed by atoms with Crippen molar-refractivity contribution < 1.29 is 13.5 Å². The lowest BCUT2D eigenvalue weighted by molar-refractivity contribution is 0.171. The van der Waals surface area contributed by atoms with Crippen molar-refractivity contribution in [1.82, 2.24) is 4.31 Å². The van der Waals surface area contributed by atoms with Gasteiger partial charge in [-0.05, 0) is 6.92 Å². The lowest BCUT2D eigenvalue weighted by Crippen LogP contribution is -2.33. The average Bonchev–Trinajstić information content (AvgIpc) is 1.86. The minimum Gasteiger partial charge on any atom is -0.392 e. The number of halogens is 1. The fourth-order valence-electron chi connectivity index (χ4n) is 0.569. The van der Waals surface area contributed by atoms with Crippen molar-refractivity contribution in [2.75, 3.05) is 18.8 Å². The monoisotopic (exact) mass is 201 g/mol. The Bertz CT molecular complexity index is 202. The van der Waals surface area contributed by atoms with Gasteiger partial charge in [0.25, 0.3) is 0 Å². The van der Waals surface area contributed by atoms with Crippen molar-refractivity contribution in [1.29, 1.82) is 0 Å². The summed E-state index contributed by atoms with van der Waals surface area (Å²) in [7, 11) is -1.98. The summed E-state index contributed by atoms with van der Waals surface area (Å²) in [6.07, 6.45) is -0.669. The van der Waals surface area contributed by atoms with E-state index in [1.807, 2.05) is 0 Å². The van der Waals surface area contributed by atoms with Crippen molar-refractivity contribution in [2.24, 2.45) is 0 Å². The van der Waals surface area contributed by atoms with Gasteiger partial charge in [0.15, 0.2) is 0 Å². The Labute approximate surface area is 71.8 Å². The zero-order chi connectivity index (χ0) is 9.07. The molecule has 1 unspecified atom stereocenters. The molecule has 6 heteroatoms. The molecule has 0 aliphatic carbocycles. The molecule has 0 spiro atoms. The zero-order valence-corrected chi connectivity index (χ0v) is 8.06. The molecule has 0 aliphatic heterocycles. The van der Waals surface area contributed by atoms with Crippen LogP contribution in [0.1, 0.15) is 6.92 Å². The van der Waals surface area contributed by atoms with E-state index in [9.17, 15) is 8.42 Å². The molecular formula is C5H12ClNO3S. The van der Waals surface area contributed by atoms with Gasteiger partial charge in [-0.2, -0.15) is 0 Å². The summed E-state index contributed by atoms with van der Waals surface area (Å²) in [5.41, 5.74) is 0. The van der Waals surface area contributed by atoms with Crippen LogP contribution in [0.2, 0.25) is 0 Å². The van der Waals surface area contributed by atoms with Gasteiger partial charge in [0, 0.05) is 13.6 Å². The number of aliphatic hydroxyl groups excluding tert-OH is 1. The van der Waals surface area contributed by atoms with Gasteiger partial charge in [0.2, 0.25) is 10.0 Å². The van der Waals surface area contributed by atoms with Crippen molar-refractivity contribution in [3.8, 4) is 0 Å². The predicted octanol–water partition coefficient (Wildman–Crippen LogP) is -0.175. The minimum absolute atomic E-state index is 0.0784. The maximum Gasteiger partial charge on any atom is 0.227 e.